The van der Waals surface area contributed by atoms with Gasteiger partial charge in [-0.25, -0.2) is 18.2 Å². The summed E-state index contributed by atoms with van der Waals surface area (Å²) in [4.78, 5) is 40.7. The van der Waals surface area contributed by atoms with Crippen molar-refractivity contribution in [1.29, 1.82) is 0 Å². The Bertz CT molecular complexity index is 1540. The van der Waals surface area contributed by atoms with Crippen LogP contribution in [0.5, 0.6) is 0 Å². The van der Waals surface area contributed by atoms with Gasteiger partial charge in [-0.15, -0.1) is 0 Å². The monoisotopic (exact) mass is 612 g/mol. The predicted octanol–water partition coefficient (Wildman–Crippen LogP) is 5.37. The second-order valence-electron chi connectivity index (χ2n) is 11.9. The molecule has 1 saturated carbocycles. The van der Waals surface area contributed by atoms with Gasteiger partial charge in [-0.3, -0.25) is 14.6 Å². The fourth-order valence-electron chi connectivity index (χ4n) is 6.52. The summed E-state index contributed by atoms with van der Waals surface area (Å²) in [6.45, 7) is 1.38. The Balaban J connectivity index is 1.11. The standard InChI is InChI=1S/C31H32ClF3N6O2/c1-39(2)22-8-10-26(36-14-22)40-16-31(17-40)24-9-5-20(33)12-25(24)41(30(31)43)15-18-3-6-21(7-4-18)38-29(42)23-11-19(32)13-37-27(23)28(34)35/h5,8-14,18,21,28H,3-4,6-7,15-17H2,1-2H3,(H,38,42). The Morgan fingerprint density at radius 3 is 2.49 bits per heavy atom. The van der Waals surface area contributed by atoms with Crippen molar-refractivity contribution in [1.82, 2.24) is 15.3 Å². The molecule has 2 aromatic heterocycles. The lowest BCUT2D eigenvalue weighted by Crippen LogP contribution is -2.64. The van der Waals surface area contributed by atoms with Gasteiger partial charge in [0.25, 0.3) is 12.3 Å². The number of fused-ring (bicyclic) bond motifs is 2. The van der Waals surface area contributed by atoms with Gasteiger partial charge < -0.3 is 20.0 Å². The summed E-state index contributed by atoms with van der Waals surface area (Å²) in [7, 11) is 3.90. The summed E-state index contributed by atoms with van der Waals surface area (Å²) < 4.78 is 41.2. The fraction of sp³-hybridized carbons (Fsp3) is 0.419. The highest BCUT2D eigenvalue weighted by atomic mass is 35.5. The lowest BCUT2D eigenvalue weighted by molar-refractivity contribution is -0.124. The molecule has 0 bridgehead atoms. The van der Waals surface area contributed by atoms with Crippen LogP contribution in [-0.4, -0.2) is 61.6 Å². The molecule has 0 radical (unpaired) electrons. The number of carbonyl (C=O) groups excluding carboxylic acids is 2. The van der Waals surface area contributed by atoms with Crippen LogP contribution in [0, 0.1) is 11.7 Å². The van der Waals surface area contributed by atoms with Crippen molar-refractivity contribution in [2.45, 2.75) is 43.6 Å². The van der Waals surface area contributed by atoms with E-state index in [1.165, 1.54) is 18.2 Å². The van der Waals surface area contributed by atoms with E-state index in [0.717, 1.165) is 36.1 Å². The van der Waals surface area contributed by atoms with Gasteiger partial charge in [-0.1, -0.05) is 17.7 Å². The summed E-state index contributed by atoms with van der Waals surface area (Å²) in [6, 6.07) is 9.52. The Kier molecular flexibility index (Phi) is 7.70. The van der Waals surface area contributed by atoms with Crippen LogP contribution in [0.4, 0.5) is 30.4 Å². The summed E-state index contributed by atoms with van der Waals surface area (Å²) in [5.74, 6) is -0.117. The molecule has 3 aliphatic rings. The van der Waals surface area contributed by atoms with Gasteiger partial charge in [-0.2, -0.15) is 0 Å². The Hall–Kier alpha value is -3.86. The first kappa shape index (κ1) is 29.2. The van der Waals surface area contributed by atoms with Crippen molar-refractivity contribution < 1.29 is 22.8 Å². The van der Waals surface area contributed by atoms with Crippen molar-refractivity contribution >= 4 is 40.6 Å². The van der Waals surface area contributed by atoms with E-state index in [0.29, 0.717) is 38.2 Å². The van der Waals surface area contributed by atoms with Crippen LogP contribution in [0.15, 0.2) is 48.8 Å². The quantitative estimate of drug-likeness (QED) is 0.387. The fourth-order valence-corrected chi connectivity index (χ4v) is 6.67. The van der Waals surface area contributed by atoms with Crippen LogP contribution in [-0.2, 0) is 10.2 Å². The molecule has 0 unspecified atom stereocenters. The molecule has 1 aliphatic carbocycles. The smallest absolute Gasteiger partial charge is 0.281 e. The Morgan fingerprint density at radius 2 is 1.84 bits per heavy atom. The third kappa shape index (κ3) is 5.39. The van der Waals surface area contributed by atoms with E-state index in [-0.39, 0.29) is 28.5 Å². The molecular weight excluding hydrogens is 581 g/mol. The maximum Gasteiger partial charge on any atom is 0.281 e. The number of hydrogen-bond donors (Lipinski definition) is 1. The van der Waals surface area contributed by atoms with Crippen molar-refractivity contribution in [2.24, 2.45) is 5.92 Å². The number of carbonyl (C=O) groups is 2. The summed E-state index contributed by atoms with van der Waals surface area (Å²) >= 11 is 5.91. The maximum atomic E-state index is 14.4. The number of anilines is 3. The average Bonchev–Trinajstić information content (AvgIpc) is 3.19. The van der Waals surface area contributed by atoms with Crippen LogP contribution >= 0.6 is 11.6 Å². The molecule has 226 valence electrons. The minimum atomic E-state index is -2.90. The van der Waals surface area contributed by atoms with Crippen molar-refractivity contribution in [3.63, 3.8) is 0 Å². The van der Waals surface area contributed by atoms with Crippen molar-refractivity contribution in [3.05, 3.63) is 76.5 Å². The molecule has 43 heavy (non-hydrogen) atoms. The van der Waals surface area contributed by atoms with Gasteiger partial charge in [0.2, 0.25) is 5.91 Å². The molecule has 1 saturated heterocycles. The van der Waals surface area contributed by atoms with Crippen LogP contribution in [0.3, 0.4) is 0 Å². The molecule has 4 heterocycles. The highest BCUT2D eigenvalue weighted by molar-refractivity contribution is 6.30. The van der Waals surface area contributed by atoms with E-state index in [2.05, 4.69) is 20.2 Å². The molecule has 2 aliphatic heterocycles. The first-order valence-corrected chi connectivity index (χ1v) is 14.7. The number of benzene rings is 1. The van der Waals surface area contributed by atoms with Crippen LogP contribution in [0.1, 0.15) is 53.7 Å². The minimum absolute atomic E-state index is 0.0299. The minimum Gasteiger partial charge on any atom is -0.376 e. The van der Waals surface area contributed by atoms with Gasteiger partial charge in [0, 0.05) is 46.0 Å². The number of halogens is 4. The number of nitrogens with one attached hydrogen (secondary N) is 1. The van der Waals surface area contributed by atoms with Gasteiger partial charge in [0.05, 0.1) is 28.2 Å². The van der Waals surface area contributed by atoms with Gasteiger partial charge in [0.1, 0.15) is 22.7 Å². The molecule has 1 spiro atoms. The highest BCUT2D eigenvalue weighted by Gasteiger charge is 2.58. The molecule has 3 aromatic rings. The molecular formula is C31H32ClF3N6O2. The number of alkyl halides is 2. The van der Waals surface area contributed by atoms with E-state index in [1.807, 2.05) is 31.1 Å². The van der Waals surface area contributed by atoms with E-state index >= 15 is 0 Å². The Morgan fingerprint density at radius 1 is 1.09 bits per heavy atom. The molecule has 6 rings (SSSR count). The molecule has 0 atom stereocenters. The molecule has 2 fully saturated rings. The van der Waals surface area contributed by atoms with Crippen LogP contribution < -0.4 is 20.0 Å². The van der Waals surface area contributed by atoms with E-state index in [1.54, 1.807) is 17.2 Å². The number of hydrogen-bond acceptors (Lipinski definition) is 6. The SMILES string of the molecule is CN(C)c1ccc(N2CC3(C2)C(=O)N(CC2CCC(NC(=O)c4cc(Cl)cnc4C(F)F)CC2)c2cc(F)ccc23)nc1. The third-order valence-corrected chi connectivity index (χ3v) is 9.08. The first-order valence-electron chi connectivity index (χ1n) is 14.3. The highest BCUT2D eigenvalue weighted by Crippen LogP contribution is 2.49. The number of nitrogens with zero attached hydrogens (tertiary/aromatic N) is 5. The molecule has 2 amide bonds. The second kappa shape index (κ2) is 11.3. The predicted molar refractivity (Wildman–Crippen MR) is 159 cm³/mol. The van der Waals surface area contributed by atoms with E-state index < -0.39 is 29.3 Å². The van der Waals surface area contributed by atoms with Crippen LogP contribution in [0.25, 0.3) is 0 Å². The van der Waals surface area contributed by atoms with Gasteiger partial charge in [0.15, 0.2) is 0 Å². The summed E-state index contributed by atoms with van der Waals surface area (Å²) in [5.41, 5.74) is 0.865. The average molecular weight is 613 g/mol. The maximum absolute atomic E-state index is 14.4. The molecule has 12 heteroatoms. The zero-order chi connectivity index (χ0) is 30.5. The second-order valence-corrected chi connectivity index (χ2v) is 12.3. The topological polar surface area (TPSA) is 81.7 Å². The first-order chi connectivity index (χ1) is 20.6. The number of amides is 2. The zero-order valence-electron chi connectivity index (χ0n) is 23.9. The Labute approximate surface area is 252 Å². The lowest BCUT2D eigenvalue weighted by Gasteiger charge is -2.47. The molecule has 8 nitrogen and oxygen atoms in total. The molecule has 1 aromatic carbocycles. The van der Waals surface area contributed by atoms with Gasteiger partial charge in [-0.05, 0) is 67.5 Å². The number of pyridine rings is 2. The number of aromatic nitrogens is 2. The van der Waals surface area contributed by atoms with E-state index in [4.69, 9.17) is 11.6 Å². The summed E-state index contributed by atoms with van der Waals surface area (Å²) in [6.07, 6.45) is 2.69. The third-order valence-electron chi connectivity index (χ3n) is 8.87. The van der Waals surface area contributed by atoms with Crippen LogP contribution in [0.2, 0.25) is 5.02 Å². The van der Waals surface area contributed by atoms with Crippen molar-refractivity contribution in [2.75, 3.05) is 48.4 Å². The number of rotatable bonds is 7. The summed E-state index contributed by atoms with van der Waals surface area (Å²) in [5, 5.41) is 2.96. The normalized spacial score (nSPS) is 20.8. The lowest BCUT2D eigenvalue weighted by atomic mass is 9.74. The molecule has 1 N–H and O–H groups in total. The zero-order valence-corrected chi connectivity index (χ0v) is 24.6. The largest absolute Gasteiger partial charge is 0.376 e. The van der Waals surface area contributed by atoms with Gasteiger partial charge >= 0.3 is 0 Å². The van der Waals surface area contributed by atoms with E-state index in [9.17, 15) is 22.8 Å². The van der Waals surface area contributed by atoms with Crippen molar-refractivity contribution in [3.8, 4) is 0 Å².